The van der Waals surface area contributed by atoms with Crippen LogP contribution in [0.4, 0.5) is 8.78 Å². The highest BCUT2D eigenvalue weighted by atomic mass is 19.3. The molecule has 0 aliphatic carbocycles. The van der Waals surface area contributed by atoms with E-state index in [2.05, 4.69) is 9.89 Å². The summed E-state index contributed by atoms with van der Waals surface area (Å²) in [7, 11) is 1.62. The molecule has 1 aliphatic heterocycles. The molecule has 1 saturated heterocycles. The number of alkyl halides is 2. The number of aryl methyl sites for hydroxylation is 1. The Kier molecular flexibility index (Phi) is 5.51. The normalized spacial score (nSPS) is 20.0. The van der Waals surface area contributed by atoms with E-state index in [9.17, 15) is 13.6 Å². The number of likely N-dealkylation sites (tertiary alicyclic amines) is 1. The van der Waals surface area contributed by atoms with Gasteiger partial charge < -0.3 is 18.9 Å². The van der Waals surface area contributed by atoms with Crippen molar-refractivity contribution in [1.82, 2.24) is 10.1 Å². The summed E-state index contributed by atoms with van der Waals surface area (Å²) in [6, 6.07) is 7.55. The number of hydrogen-bond donors (Lipinski definition) is 0. The number of carbonyl (C=O) groups excluding carboxylic acids is 1. The summed E-state index contributed by atoms with van der Waals surface area (Å²) in [5.41, 5.74) is 1.23. The van der Waals surface area contributed by atoms with Crippen LogP contribution in [0.15, 0.2) is 34.9 Å². The fraction of sp³-hybridized carbons (Fsp3) is 0.444. The summed E-state index contributed by atoms with van der Waals surface area (Å²) < 4.78 is 39.5. The number of carbonyl (C=O) groups is 1. The number of benzene rings is 1. The summed E-state index contributed by atoms with van der Waals surface area (Å²) in [6.45, 7) is -0.0559. The Morgan fingerprint density at radius 2 is 2.08 bits per heavy atom. The minimum atomic E-state index is -2.89. The Labute approximate surface area is 149 Å². The number of rotatable bonds is 6. The molecule has 2 aromatic rings. The Morgan fingerprint density at radius 1 is 1.35 bits per heavy atom. The van der Waals surface area contributed by atoms with Gasteiger partial charge in [-0.3, -0.25) is 4.79 Å². The second-order valence-electron chi connectivity index (χ2n) is 6.29. The van der Waals surface area contributed by atoms with Crippen molar-refractivity contribution in [2.75, 3.05) is 20.2 Å². The largest absolute Gasteiger partial charge is 0.435 e. The van der Waals surface area contributed by atoms with Gasteiger partial charge in [-0.05, 0) is 31.2 Å². The number of methoxy groups -OCH3 is 1. The lowest BCUT2D eigenvalue weighted by Crippen LogP contribution is -2.29. The minimum Gasteiger partial charge on any atom is -0.435 e. The highest BCUT2D eigenvalue weighted by molar-refractivity contribution is 5.94. The first-order chi connectivity index (χ1) is 12.5. The number of nitrogens with zero attached hydrogens (tertiary/aromatic N) is 2. The van der Waals surface area contributed by atoms with Crippen molar-refractivity contribution in [3.05, 3.63) is 47.3 Å². The van der Waals surface area contributed by atoms with Crippen molar-refractivity contribution in [1.29, 1.82) is 0 Å². The van der Waals surface area contributed by atoms with E-state index in [1.54, 1.807) is 12.0 Å². The molecule has 0 saturated carbocycles. The summed E-state index contributed by atoms with van der Waals surface area (Å²) in [4.78, 5) is 14.4. The Bertz CT molecular complexity index is 748. The Morgan fingerprint density at radius 3 is 2.65 bits per heavy atom. The smallest absolute Gasteiger partial charge is 0.387 e. The molecule has 1 aromatic heterocycles. The SMILES string of the molecule is CO[C@H]1CN(C(=O)c2ccc(OC(F)F)cc2)C[C@H]1Cc1cc(C)no1. The van der Waals surface area contributed by atoms with Crippen LogP contribution in [0.3, 0.4) is 0 Å². The van der Waals surface area contributed by atoms with Gasteiger partial charge >= 0.3 is 6.61 Å². The highest BCUT2D eigenvalue weighted by Crippen LogP contribution is 2.26. The average Bonchev–Trinajstić information content (AvgIpc) is 3.20. The van der Waals surface area contributed by atoms with E-state index in [0.717, 1.165) is 11.5 Å². The highest BCUT2D eigenvalue weighted by Gasteiger charge is 2.36. The first-order valence-corrected chi connectivity index (χ1v) is 8.25. The third kappa shape index (κ3) is 4.19. The van der Waals surface area contributed by atoms with Crippen LogP contribution in [0.5, 0.6) is 5.75 Å². The molecule has 1 aliphatic rings. The summed E-state index contributed by atoms with van der Waals surface area (Å²) in [5, 5.41) is 3.88. The molecule has 3 rings (SSSR count). The van der Waals surface area contributed by atoms with E-state index < -0.39 is 6.61 Å². The van der Waals surface area contributed by atoms with Crippen LogP contribution in [0.1, 0.15) is 21.8 Å². The molecule has 8 heteroatoms. The van der Waals surface area contributed by atoms with Crippen LogP contribution in [-0.2, 0) is 11.2 Å². The molecular formula is C18H20F2N2O4. The fourth-order valence-corrected chi connectivity index (χ4v) is 3.20. The van der Waals surface area contributed by atoms with Crippen LogP contribution in [0, 0.1) is 12.8 Å². The topological polar surface area (TPSA) is 64.8 Å². The molecule has 1 amide bonds. The van der Waals surface area contributed by atoms with Gasteiger partial charge in [0.1, 0.15) is 11.5 Å². The Hall–Kier alpha value is -2.48. The molecule has 2 heterocycles. The molecular weight excluding hydrogens is 346 g/mol. The van der Waals surface area contributed by atoms with Gasteiger partial charge in [0, 0.05) is 44.2 Å². The molecule has 2 atom stereocenters. The lowest BCUT2D eigenvalue weighted by molar-refractivity contribution is -0.0498. The third-order valence-electron chi connectivity index (χ3n) is 4.44. The molecule has 0 N–H and O–H groups in total. The quantitative estimate of drug-likeness (QED) is 0.787. The molecule has 1 aromatic carbocycles. The monoisotopic (exact) mass is 366 g/mol. The molecule has 140 valence electrons. The van der Waals surface area contributed by atoms with E-state index in [1.807, 2.05) is 13.0 Å². The maximum absolute atomic E-state index is 12.7. The van der Waals surface area contributed by atoms with Crippen LogP contribution in [0.2, 0.25) is 0 Å². The maximum Gasteiger partial charge on any atom is 0.387 e. The molecule has 26 heavy (non-hydrogen) atoms. The number of hydrogen-bond acceptors (Lipinski definition) is 5. The van der Waals surface area contributed by atoms with Crippen molar-refractivity contribution < 1.29 is 27.6 Å². The predicted molar refractivity (Wildman–Crippen MR) is 88.2 cm³/mol. The molecule has 0 spiro atoms. The summed E-state index contributed by atoms with van der Waals surface area (Å²) in [5.74, 6) is 0.702. The van der Waals surface area contributed by atoms with E-state index >= 15 is 0 Å². The molecule has 1 fully saturated rings. The first kappa shape index (κ1) is 18.3. The van der Waals surface area contributed by atoms with Gasteiger partial charge in [-0.25, -0.2) is 0 Å². The molecule has 0 bridgehead atoms. The van der Waals surface area contributed by atoms with Gasteiger partial charge in [-0.1, -0.05) is 5.16 Å². The van der Waals surface area contributed by atoms with Crippen LogP contribution in [0.25, 0.3) is 0 Å². The van der Waals surface area contributed by atoms with E-state index in [1.165, 1.54) is 24.3 Å². The van der Waals surface area contributed by atoms with Gasteiger partial charge in [0.15, 0.2) is 0 Å². The zero-order valence-electron chi connectivity index (χ0n) is 14.5. The van der Waals surface area contributed by atoms with Gasteiger partial charge in [-0.15, -0.1) is 0 Å². The minimum absolute atomic E-state index is 0.0197. The van der Waals surface area contributed by atoms with Crippen LogP contribution >= 0.6 is 0 Å². The first-order valence-electron chi connectivity index (χ1n) is 8.25. The van der Waals surface area contributed by atoms with E-state index in [4.69, 9.17) is 9.26 Å². The number of amides is 1. The van der Waals surface area contributed by atoms with Gasteiger partial charge in [0.2, 0.25) is 0 Å². The lowest BCUT2D eigenvalue weighted by atomic mass is 10.0. The average molecular weight is 366 g/mol. The zero-order valence-corrected chi connectivity index (χ0v) is 14.5. The van der Waals surface area contributed by atoms with E-state index in [-0.39, 0.29) is 23.7 Å². The van der Waals surface area contributed by atoms with Crippen molar-refractivity contribution >= 4 is 5.91 Å². The second kappa shape index (κ2) is 7.82. The number of halogens is 2. The number of ether oxygens (including phenoxy) is 2. The third-order valence-corrected chi connectivity index (χ3v) is 4.44. The van der Waals surface area contributed by atoms with Crippen LogP contribution in [-0.4, -0.2) is 48.9 Å². The summed E-state index contributed by atoms with van der Waals surface area (Å²) in [6.07, 6.45) is 0.524. The predicted octanol–water partition coefficient (Wildman–Crippen LogP) is 2.91. The zero-order chi connectivity index (χ0) is 18.7. The maximum atomic E-state index is 12.7. The molecule has 0 radical (unpaired) electrons. The van der Waals surface area contributed by atoms with Crippen molar-refractivity contribution in [3.8, 4) is 5.75 Å². The molecule has 0 unspecified atom stereocenters. The van der Waals surface area contributed by atoms with Crippen molar-refractivity contribution in [2.45, 2.75) is 26.1 Å². The van der Waals surface area contributed by atoms with E-state index in [0.29, 0.717) is 25.1 Å². The van der Waals surface area contributed by atoms with Gasteiger partial charge in [-0.2, -0.15) is 8.78 Å². The summed E-state index contributed by atoms with van der Waals surface area (Å²) >= 11 is 0. The molecule has 6 nitrogen and oxygen atoms in total. The Balaban J connectivity index is 1.66. The standard InChI is InChI=1S/C18H20F2N2O4/c1-11-7-15(26-21-11)8-13-9-22(10-16(13)24-2)17(23)12-3-5-14(6-4-12)25-18(19)20/h3-7,13,16,18H,8-10H2,1-2H3/t13-,16+/m1/s1. The number of aromatic nitrogens is 1. The second-order valence-corrected chi connectivity index (χ2v) is 6.29. The van der Waals surface area contributed by atoms with Crippen molar-refractivity contribution in [3.63, 3.8) is 0 Å². The van der Waals surface area contributed by atoms with Crippen LogP contribution < -0.4 is 4.74 Å². The fourth-order valence-electron chi connectivity index (χ4n) is 3.20. The van der Waals surface area contributed by atoms with Crippen molar-refractivity contribution in [2.24, 2.45) is 5.92 Å². The van der Waals surface area contributed by atoms with Gasteiger partial charge in [0.25, 0.3) is 5.91 Å². The lowest BCUT2D eigenvalue weighted by Gasteiger charge is -2.16. The van der Waals surface area contributed by atoms with Gasteiger partial charge in [0.05, 0.1) is 11.8 Å².